The predicted molar refractivity (Wildman–Crippen MR) is 104 cm³/mol. The minimum Gasteiger partial charge on any atom is -0.382 e. The highest BCUT2D eigenvalue weighted by molar-refractivity contribution is 7.99. The van der Waals surface area contributed by atoms with Crippen molar-refractivity contribution in [1.29, 1.82) is 0 Å². The van der Waals surface area contributed by atoms with Gasteiger partial charge in [0.05, 0.1) is 5.69 Å². The maximum absolute atomic E-state index is 12.7. The van der Waals surface area contributed by atoms with Crippen molar-refractivity contribution in [3.8, 4) is 0 Å². The van der Waals surface area contributed by atoms with Gasteiger partial charge in [0.1, 0.15) is 11.8 Å². The Labute approximate surface area is 156 Å². The molecular weight excluding hydrogens is 355 g/mol. The number of hydrogen-bond acceptors (Lipinski definition) is 3. The average molecular weight is 373 g/mol. The molecule has 5 heteroatoms. The van der Waals surface area contributed by atoms with Crippen LogP contribution in [0, 0.1) is 0 Å². The summed E-state index contributed by atoms with van der Waals surface area (Å²) in [6, 6.07) is 14.3. The Hall–Kier alpha value is -1.78. The van der Waals surface area contributed by atoms with E-state index in [-0.39, 0.29) is 6.67 Å². The summed E-state index contributed by atoms with van der Waals surface area (Å²) in [6.45, 7) is -0.0446. The molecule has 2 aliphatic rings. The zero-order chi connectivity index (χ0) is 17.2. The molecule has 0 spiro atoms. The second kappa shape index (κ2) is 7.22. The van der Waals surface area contributed by atoms with E-state index >= 15 is 0 Å². The van der Waals surface area contributed by atoms with E-state index in [1.807, 2.05) is 18.2 Å². The first kappa shape index (κ1) is 16.7. The van der Waals surface area contributed by atoms with Gasteiger partial charge in [0.2, 0.25) is 0 Å². The number of fused-ring (bicyclic) bond motifs is 2. The third-order valence-electron chi connectivity index (χ3n) is 4.50. The van der Waals surface area contributed by atoms with Crippen LogP contribution < -0.4 is 5.32 Å². The highest BCUT2D eigenvalue weighted by Crippen LogP contribution is 2.42. The molecule has 4 rings (SSSR count). The van der Waals surface area contributed by atoms with Gasteiger partial charge in [-0.3, -0.25) is 0 Å². The second-order valence-corrected chi connectivity index (χ2v) is 7.57. The van der Waals surface area contributed by atoms with Crippen LogP contribution in [0.4, 0.5) is 10.1 Å². The van der Waals surface area contributed by atoms with E-state index < -0.39 is 0 Å². The van der Waals surface area contributed by atoms with Gasteiger partial charge in [0.15, 0.2) is 0 Å². The van der Waals surface area contributed by atoms with Gasteiger partial charge in [-0.05, 0) is 48.6 Å². The van der Waals surface area contributed by atoms with E-state index in [2.05, 4.69) is 34.6 Å². The number of nitrogens with one attached hydrogen (secondary N) is 1. The Balaban J connectivity index is 1.75. The van der Waals surface area contributed by atoms with Gasteiger partial charge in [-0.25, -0.2) is 9.38 Å². The maximum atomic E-state index is 12.7. The van der Waals surface area contributed by atoms with Crippen LogP contribution in [-0.4, -0.2) is 18.4 Å². The van der Waals surface area contributed by atoms with Crippen molar-refractivity contribution >= 4 is 39.9 Å². The molecule has 2 nitrogen and oxygen atoms in total. The lowest BCUT2D eigenvalue weighted by Crippen LogP contribution is -2.19. The van der Waals surface area contributed by atoms with Gasteiger partial charge in [0.25, 0.3) is 0 Å². The fourth-order valence-electron chi connectivity index (χ4n) is 3.06. The van der Waals surface area contributed by atoms with Gasteiger partial charge in [-0.1, -0.05) is 47.6 Å². The summed E-state index contributed by atoms with van der Waals surface area (Å²) in [6.07, 6.45) is 3.36. The zero-order valence-electron chi connectivity index (χ0n) is 13.7. The third-order valence-corrected chi connectivity index (χ3v) is 5.93. The molecule has 0 aromatic heterocycles. The van der Waals surface area contributed by atoms with Crippen LogP contribution in [0.1, 0.15) is 30.4 Å². The highest BCUT2D eigenvalue weighted by atomic mass is 35.5. The molecule has 0 saturated heterocycles. The Bertz CT molecular complexity index is 870. The summed E-state index contributed by atoms with van der Waals surface area (Å²) < 4.78 is 12.7. The van der Waals surface area contributed by atoms with Crippen LogP contribution in [0.25, 0.3) is 5.70 Å². The van der Waals surface area contributed by atoms with E-state index in [9.17, 15) is 4.39 Å². The normalized spacial score (nSPS) is 15.4. The van der Waals surface area contributed by atoms with E-state index in [0.717, 1.165) is 45.1 Å². The molecule has 0 radical (unpaired) electrons. The average Bonchev–Trinajstić information content (AvgIpc) is 2.72. The lowest BCUT2D eigenvalue weighted by molar-refractivity contribution is 0.487. The van der Waals surface area contributed by atoms with E-state index in [1.54, 1.807) is 11.8 Å². The van der Waals surface area contributed by atoms with E-state index in [1.165, 1.54) is 12.0 Å². The molecule has 1 aliphatic carbocycles. The number of benzene rings is 2. The Kier molecular flexibility index (Phi) is 4.82. The fraction of sp³-hybridized carbons (Fsp3) is 0.250. The standard InChI is InChI=1S/C20H18ClFN2S/c21-20-15-6-1-2-7-17(15)25-18-9-8-14(12-16(18)24-20)19(23-11-10-22)13-4-3-5-13/h1-2,6-9,12,23H,3-5,10-11H2. The second-order valence-electron chi connectivity index (χ2n) is 6.13. The first-order valence-electron chi connectivity index (χ1n) is 8.44. The van der Waals surface area contributed by atoms with E-state index in [0.29, 0.717) is 11.7 Å². The number of aliphatic imine (C=N–C) groups is 1. The van der Waals surface area contributed by atoms with Gasteiger partial charge in [0, 0.05) is 27.6 Å². The quantitative estimate of drug-likeness (QED) is 0.720. The molecule has 2 aromatic carbocycles. The monoisotopic (exact) mass is 372 g/mol. The lowest BCUT2D eigenvalue weighted by Gasteiger charge is -2.23. The molecule has 1 fully saturated rings. The van der Waals surface area contributed by atoms with Crippen molar-refractivity contribution < 1.29 is 4.39 Å². The lowest BCUT2D eigenvalue weighted by atomic mass is 9.88. The number of halogens is 2. The Morgan fingerprint density at radius 2 is 2.00 bits per heavy atom. The number of alkyl halides is 1. The molecular formula is C20H18ClFN2S. The molecule has 0 unspecified atom stereocenters. The first-order chi connectivity index (χ1) is 12.3. The molecule has 1 N–H and O–H groups in total. The van der Waals surface area contributed by atoms with Crippen LogP contribution in [0.2, 0.25) is 0 Å². The molecule has 25 heavy (non-hydrogen) atoms. The van der Waals surface area contributed by atoms with Gasteiger partial charge < -0.3 is 5.32 Å². The van der Waals surface area contributed by atoms with Crippen LogP contribution in [0.3, 0.4) is 0 Å². The van der Waals surface area contributed by atoms with Crippen LogP contribution in [0.5, 0.6) is 0 Å². The summed E-state index contributed by atoms with van der Waals surface area (Å²) in [5.41, 5.74) is 5.31. The summed E-state index contributed by atoms with van der Waals surface area (Å²) in [7, 11) is 0. The third kappa shape index (κ3) is 3.33. The molecule has 1 aliphatic heterocycles. The van der Waals surface area contributed by atoms with Crippen molar-refractivity contribution in [1.82, 2.24) is 5.32 Å². The zero-order valence-corrected chi connectivity index (χ0v) is 15.3. The molecule has 1 saturated carbocycles. The summed E-state index contributed by atoms with van der Waals surface area (Å²) in [4.78, 5) is 6.83. The summed E-state index contributed by atoms with van der Waals surface area (Å²) in [5, 5.41) is 3.76. The van der Waals surface area contributed by atoms with Crippen LogP contribution in [-0.2, 0) is 0 Å². The molecule has 0 bridgehead atoms. The number of hydrogen-bond donors (Lipinski definition) is 1. The highest BCUT2D eigenvalue weighted by Gasteiger charge is 2.19. The van der Waals surface area contributed by atoms with Crippen molar-refractivity contribution in [3.63, 3.8) is 0 Å². The molecule has 128 valence electrons. The van der Waals surface area contributed by atoms with Gasteiger partial charge in [-0.15, -0.1) is 0 Å². The summed E-state index contributed by atoms with van der Waals surface area (Å²) in [5.74, 6) is 0. The minimum atomic E-state index is -0.378. The molecule has 2 aromatic rings. The number of rotatable bonds is 4. The van der Waals surface area contributed by atoms with E-state index in [4.69, 9.17) is 11.6 Å². The SMILES string of the molecule is FCCNC(=C1CCC1)c1ccc2c(c1)N=C(Cl)c1ccccc1S2. The van der Waals surface area contributed by atoms with Crippen LogP contribution >= 0.6 is 23.4 Å². The molecule has 0 atom stereocenters. The Morgan fingerprint density at radius 3 is 2.76 bits per heavy atom. The van der Waals surface area contributed by atoms with Crippen molar-refractivity contribution in [2.24, 2.45) is 4.99 Å². The number of nitrogens with zero attached hydrogens (tertiary/aromatic N) is 1. The fourth-order valence-corrected chi connectivity index (χ4v) is 4.38. The van der Waals surface area contributed by atoms with Gasteiger partial charge >= 0.3 is 0 Å². The van der Waals surface area contributed by atoms with Gasteiger partial charge in [-0.2, -0.15) is 0 Å². The largest absolute Gasteiger partial charge is 0.382 e. The Morgan fingerprint density at radius 1 is 1.16 bits per heavy atom. The van der Waals surface area contributed by atoms with Crippen molar-refractivity contribution in [2.45, 2.75) is 29.1 Å². The number of allylic oxidation sites excluding steroid dienone is 1. The van der Waals surface area contributed by atoms with Crippen LogP contribution in [0.15, 0.2) is 62.8 Å². The topological polar surface area (TPSA) is 24.4 Å². The summed E-state index contributed by atoms with van der Waals surface area (Å²) >= 11 is 8.13. The smallest absolute Gasteiger partial charge is 0.138 e. The van der Waals surface area contributed by atoms with Crippen molar-refractivity contribution in [2.75, 3.05) is 13.2 Å². The minimum absolute atomic E-state index is 0.333. The van der Waals surface area contributed by atoms with Crippen molar-refractivity contribution in [3.05, 3.63) is 59.2 Å². The first-order valence-corrected chi connectivity index (χ1v) is 9.63. The molecule has 1 heterocycles. The maximum Gasteiger partial charge on any atom is 0.138 e. The predicted octanol–water partition coefficient (Wildman–Crippen LogP) is 5.92. The molecule has 0 amide bonds.